The van der Waals surface area contributed by atoms with Crippen LogP contribution in [0.1, 0.15) is 23.6 Å². The van der Waals surface area contributed by atoms with E-state index in [-0.39, 0.29) is 24.6 Å². The van der Waals surface area contributed by atoms with Crippen molar-refractivity contribution in [2.45, 2.75) is 32.9 Å². The fourth-order valence-electron chi connectivity index (χ4n) is 4.13. The smallest absolute Gasteiger partial charge is 0.244 e. The fourth-order valence-corrected chi connectivity index (χ4v) is 5.51. The lowest BCUT2D eigenvalue weighted by molar-refractivity contribution is -0.140. The number of hydrogen-bond donors (Lipinski definition) is 1. The highest BCUT2D eigenvalue weighted by Crippen LogP contribution is 2.28. The number of rotatable bonds is 11. The molecule has 0 heterocycles. The van der Waals surface area contributed by atoms with Crippen molar-refractivity contribution in [2.75, 3.05) is 23.7 Å². The first kappa shape index (κ1) is 30.8. The Labute approximate surface area is 244 Å². The first-order valence-corrected chi connectivity index (χ1v) is 15.2. The van der Waals surface area contributed by atoms with Gasteiger partial charge in [-0.05, 0) is 54.8 Å². The Balaban J connectivity index is 2.08. The van der Waals surface area contributed by atoms with Crippen LogP contribution in [0.3, 0.4) is 0 Å². The van der Waals surface area contributed by atoms with E-state index in [9.17, 15) is 18.0 Å². The summed E-state index contributed by atoms with van der Waals surface area (Å²) in [7, 11) is -3.90. The predicted octanol–water partition coefficient (Wildman–Crippen LogP) is 5.50. The molecule has 0 aliphatic heterocycles. The third-order valence-electron chi connectivity index (χ3n) is 6.08. The quantitative estimate of drug-likeness (QED) is 0.311. The van der Waals surface area contributed by atoms with E-state index >= 15 is 0 Å². The summed E-state index contributed by atoms with van der Waals surface area (Å²) >= 11 is 18.5. The summed E-state index contributed by atoms with van der Waals surface area (Å²) in [4.78, 5) is 28.8. The zero-order valence-corrected chi connectivity index (χ0v) is 24.9. The van der Waals surface area contributed by atoms with Crippen LogP contribution in [0.15, 0.2) is 66.7 Å². The van der Waals surface area contributed by atoms with Crippen molar-refractivity contribution in [3.8, 4) is 0 Å². The molecule has 0 aromatic heterocycles. The van der Waals surface area contributed by atoms with E-state index in [0.717, 1.165) is 16.1 Å². The second-order valence-corrected chi connectivity index (χ2v) is 12.2. The van der Waals surface area contributed by atoms with Gasteiger partial charge in [-0.25, -0.2) is 8.42 Å². The van der Waals surface area contributed by atoms with Crippen molar-refractivity contribution in [1.29, 1.82) is 0 Å². The molecule has 3 rings (SSSR count). The molecule has 0 saturated carbocycles. The molecule has 3 aromatic carbocycles. The number of aryl methyl sites for hydroxylation is 1. The van der Waals surface area contributed by atoms with Gasteiger partial charge >= 0.3 is 0 Å². The number of hydrogen-bond acceptors (Lipinski definition) is 4. The molecule has 7 nitrogen and oxygen atoms in total. The molecular weight excluding hydrogens is 581 g/mol. The number of carbonyl (C=O) groups is 2. The highest BCUT2D eigenvalue weighted by molar-refractivity contribution is 7.92. The Morgan fingerprint density at radius 1 is 0.923 bits per heavy atom. The van der Waals surface area contributed by atoms with E-state index in [4.69, 9.17) is 34.8 Å². The molecule has 0 spiro atoms. The molecule has 0 aliphatic carbocycles. The molecule has 0 aliphatic rings. The molecule has 0 bridgehead atoms. The van der Waals surface area contributed by atoms with Gasteiger partial charge in [0, 0.05) is 24.5 Å². The van der Waals surface area contributed by atoms with E-state index in [1.165, 1.54) is 11.0 Å². The molecule has 2 amide bonds. The summed E-state index contributed by atoms with van der Waals surface area (Å²) in [5.41, 5.74) is 2.37. The number of carbonyl (C=O) groups excluding carboxylic acids is 2. The molecule has 1 N–H and O–H groups in total. The van der Waals surface area contributed by atoms with E-state index in [2.05, 4.69) is 5.32 Å². The molecule has 3 aromatic rings. The molecule has 208 valence electrons. The zero-order valence-electron chi connectivity index (χ0n) is 21.8. The van der Waals surface area contributed by atoms with Crippen LogP contribution in [0.2, 0.25) is 15.1 Å². The minimum atomic E-state index is -3.90. The molecule has 0 saturated heterocycles. The van der Waals surface area contributed by atoms with E-state index in [0.29, 0.717) is 32.7 Å². The Kier molecular flexibility index (Phi) is 10.7. The Bertz CT molecular complexity index is 1440. The van der Waals surface area contributed by atoms with E-state index in [1.54, 1.807) is 44.2 Å². The van der Waals surface area contributed by atoms with Crippen molar-refractivity contribution in [3.63, 3.8) is 0 Å². The van der Waals surface area contributed by atoms with Crippen molar-refractivity contribution in [3.05, 3.63) is 98.5 Å². The minimum absolute atomic E-state index is 0.00349. The topological polar surface area (TPSA) is 86.8 Å². The Morgan fingerprint density at radius 2 is 1.62 bits per heavy atom. The molecule has 0 fully saturated rings. The second-order valence-electron chi connectivity index (χ2n) is 9.07. The van der Waals surface area contributed by atoms with Gasteiger partial charge in [0.2, 0.25) is 21.8 Å². The molecule has 0 radical (unpaired) electrons. The van der Waals surface area contributed by atoms with Crippen molar-refractivity contribution in [1.82, 2.24) is 10.2 Å². The summed E-state index contributed by atoms with van der Waals surface area (Å²) in [5.74, 6) is -0.933. The van der Waals surface area contributed by atoms with Crippen LogP contribution in [0.5, 0.6) is 0 Å². The van der Waals surface area contributed by atoms with Crippen LogP contribution in [-0.2, 0) is 32.6 Å². The van der Waals surface area contributed by atoms with E-state index in [1.807, 2.05) is 30.3 Å². The summed E-state index contributed by atoms with van der Waals surface area (Å²) in [6.45, 7) is 3.34. The van der Waals surface area contributed by atoms with Crippen LogP contribution in [0.25, 0.3) is 0 Å². The third-order valence-corrected chi connectivity index (χ3v) is 8.18. The van der Waals surface area contributed by atoms with Crippen LogP contribution in [-0.4, -0.2) is 50.5 Å². The first-order valence-electron chi connectivity index (χ1n) is 12.2. The summed E-state index contributed by atoms with van der Waals surface area (Å²) < 4.78 is 26.8. The number of nitrogens with one attached hydrogen (secondary N) is 1. The van der Waals surface area contributed by atoms with Gasteiger partial charge in [0.1, 0.15) is 12.6 Å². The van der Waals surface area contributed by atoms with Gasteiger partial charge in [0.05, 0.1) is 22.0 Å². The maximum atomic E-state index is 14.0. The average Bonchev–Trinajstić information content (AvgIpc) is 2.88. The van der Waals surface area contributed by atoms with Gasteiger partial charge in [0.15, 0.2) is 0 Å². The number of amides is 2. The summed E-state index contributed by atoms with van der Waals surface area (Å²) in [6.07, 6.45) is 1.24. The van der Waals surface area contributed by atoms with Gasteiger partial charge in [-0.1, -0.05) is 77.3 Å². The first-order chi connectivity index (χ1) is 18.4. The molecular formula is C28H30Cl3N3O4S. The van der Waals surface area contributed by atoms with Gasteiger partial charge in [-0.15, -0.1) is 0 Å². The number of likely N-dealkylation sites (N-methyl/N-ethyl adjacent to an activating group) is 1. The minimum Gasteiger partial charge on any atom is -0.355 e. The molecule has 1 atom stereocenters. The lowest BCUT2D eigenvalue weighted by Gasteiger charge is -2.33. The van der Waals surface area contributed by atoms with Crippen LogP contribution in [0, 0.1) is 6.92 Å². The SMILES string of the molecule is CCNC(=O)C(Cc1ccccc1)N(Cc1ccc(Cl)c(Cl)c1)C(=O)CN(c1cc(Cl)ccc1C)S(C)(=O)=O. The van der Waals surface area contributed by atoms with Crippen molar-refractivity contribution < 1.29 is 18.0 Å². The highest BCUT2D eigenvalue weighted by Gasteiger charge is 2.33. The normalized spacial score (nSPS) is 12.1. The molecule has 1 unspecified atom stereocenters. The monoisotopic (exact) mass is 609 g/mol. The van der Waals surface area contributed by atoms with Crippen molar-refractivity contribution in [2.24, 2.45) is 0 Å². The lowest BCUT2D eigenvalue weighted by Crippen LogP contribution is -2.53. The second kappa shape index (κ2) is 13.5. The Morgan fingerprint density at radius 3 is 2.23 bits per heavy atom. The van der Waals surface area contributed by atoms with E-state index < -0.39 is 28.5 Å². The van der Waals surface area contributed by atoms with Crippen LogP contribution < -0.4 is 9.62 Å². The van der Waals surface area contributed by atoms with Gasteiger partial charge < -0.3 is 10.2 Å². The fraction of sp³-hybridized carbons (Fsp3) is 0.286. The number of nitrogens with zero attached hydrogens (tertiary/aromatic N) is 2. The van der Waals surface area contributed by atoms with Crippen LogP contribution in [0.4, 0.5) is 5.69 Å². The predicted molar refractivity (Wildman–Crippen MR) is 158 cm³/mol. The number of benzene rings is 3. The highest BCUT2D eigenvalue weighted by atomic mass is 35.5. The summed E-state index contributed by atoms with van der Waals surface area (Å²) in [6, 6.07) is 18.1. The molecule has 39 heavy (non-hydrogen) atoms. The maximum absolute atomic E-state index is 14.0. The standard InChI is InChI=1S/C28H30Cl3N3O4S/c1-4-32-28(36)26(15-20-8-6-5-7-9-20)33(17-21-11-13-23(30)24(31)14-21)27(35)18-34(39(3,37)38)25-16-22(29)12-10-19(25)2/h5-14,16,26H,4,15,17-18H2,1-3H3,(H,32,36). The Hall–Kier alpha value is -2.78. The number of halogens is 3. The van der Waals surface area contributed by atoms with Gasteiger partial charge in [-0.2, -0.15) is 0 Å². The van der Waals surface area contributed by atoms with Crippen LogP contribution >= 0.6 is 34.8 Å². The molecule has 11 heteroatoms. The third kappa shape index (κ3) is 8.35. The lowest BCUT2D eigenvalue weighted by atomic mass is 10.0. The zero-order chi connectivity index (χ0) is 28.7. The largest absolute Gasteiger partial charge is 0.355 e. The average molecular weight is 611 g/mol. The van der Waals surface area contributed by atoms with Gasteiger partial charge in [-0.3, -0.25) is 13.9 Å². The number of anilines is 1. The number of sulfonamides is 1. The van der Waals surface area contributed by atoms with Gasteiger partial charge in [0.25, 0.3) is 0 Å². The summed E-state index contributed by atoms with van der Waals surface area (Å²) in [5, 5.41) is 3.78. The van der Waals surface area contributed by atoms with Crippen molar-refractivity contribution >= 4 is 62.3 Å². The maximum Gasteiger partial charge on any atom is 0.244 e.